The number of halogens is 1. The van der Waals surface area contributed by atoms with E-state index in [0.717, 1.165) is 11.3 Å². The Bertz CT molecular complexity index is 1420. The molecule has 1 aromatic heterocycles. The van der Waals surface area contributed by atoms with Gasteiger partial charge in [-0.2, -0.15) is 4.31 Å². The smallest absolute Gasteiger partial charge is 0.396 e. The Labute approximate surface area is 186 Å². The number of ether oxygens (including phenoxy) is 1. The summed E-state index contributed by atoms with van der Waals surface area (Å²) < 4.78 is 38.3. The van der Waals surface area contributed by atoms with Crippen LogP contribution in [0.5, 0.6) is 5.75 Å². The van der Waals surface area contributed by atoms with Crippen LogP contribution in [-0.4, -0.2) is 21.4 Å². The molecule has 10 heteroatoms. The molecule has 0 saturated heterocycles. The van der Waals surface area contributed by atoms with Gasteiger partial charge in [-0.05, 0) is 66.7 Å². The topological polar surface area (TPSA) is 93.9 Å². The molecule has 0 N–H and O–H groups in total. The Balaban J connectivity index is 1.89. The summed E-state index contributed by atoms with van der Waals surface area (Å²) in [5, 5.41) is 0.408. The van der Waals surface area contributed by atoms with Gasteiger partial charge in [0.2, 0.25) is 0 Å². The summed E-state index contributed by atoms with van der Waals surface area (Å²) in [5.74, 6) is -0.304. The van der Waals surface area contributed by atoms with Crippen molar-refractivity contribution in [3.05, 3.63) is 87.0 Å². The molecule has 4 aromatic rings. The first-order chi connectivity index (χ1) is 14.8. The number of amides is 1. The molecule has 0 radical (unpaired) electrons. The van der Waals surface area contributed by atoms with Crippen molar-refractivity contribution in [2.75, 3.05) is 11.4 Å². The number of methoxy groups -OCH3 is 1. The van der Waals surface area contributed by atoms with Crippen molar-refractivity contribution in [1.29, 1.82) is 0 Å². The first-order valence-electron chi connectivity index (χ1n) is 8.82. The van der Waals surface area contributed by atoms with Crippen LogP contribution in [0.4, 0.5) is 5.69 Å². The molecule has 0 fully saturated rings. The number of rotatable bonds is 5. The molecule has 0 aliphatic rings. The maximum Gasteiger partial charge on any atom is 0.396 e. The van der Waals surface area contributed by atoms with Crippen molar-refractivity contribution in [3.63, 3.8) is 0 Å². The minimum absolute atomic E-state index is 0.0697. The zero-order valence-corrected chi connectivity index (χ0v) is 18.3. The lowest BCUT2D eigenvalue weighted by atomic mass is 10.2. The Kier molecular flexibility index (Phi) is 5.57. The largest absolute Gasteiger partial charge is 0.497 e. The number of carbonyl (C=O) groups is 1. The Hall–Kier alpha value is -3.14. The first-order valence-corrected chi connectivity index (χ1v) is 11.5. The van der Waals surface area contributed by atoms with Gasteiger partial charge in [-0.1, -0.05) is 22.9 Å². The molecule has 7 nitrogen and oxygen atoms in total. The fourth-order valence-electron chi connectivity index (χ4n) is 2.92. The van der Waals surface area contributed by atoms with Crippen LogP contribution < -0.4 is 14.0 Å². The molecule has 3 aromatic carbocycles. The number of fused-ring (bicyclic) bond motifs is 1. The second-order valence-electron chi connectivity index (χ2n) is 6.34. The molecule has 0 atom stereocenters. The van der Waals surface area contributed by atoms with E-state index in [1.807, 2.05) is 0 Å². The van der Waals surface area contributed by atoms with Gasteiger partial charge in [-0.3, -0.25) is 4.79 Å². The average Bonchev–Trinajstić information content (AvgIpc) is 3.13. The van der Waals surface area contributed by atoms with Crippen LogP contribution in [0, 0.1) is 0 Å². The lowest BCUT2D eigenvalue weighted by molar-refractivity contribution is 0.101. The molecule has 0 unspecified atom stereocenters. The Morgan fingerprint density at radius 2 is 1.71 bits per heavy atom. The number of benzene rings is 3. The average molecular weight is 476 g/mol. The number of hydrogen-bond donors (Lipinski definition) is 0. The minimum Gasteiger partial charge on any atom is -0.497 e. The molecular weight excluding hydrogens is 462 g/mol. The van der Waals surface area contributed by atoms with E-state index in [2.05, 4.69) is 0 Å². The van der Waals surface area contributed by atoms with Crippen LogP contribution in [0.1, 0.15) is 10.4 Å². The quantitative estimate of drug-likeness (QED) is 0.420. The van der Waals surface area contributed by atoms with Crippen molar-refractivity contribution >= 4 is 54.8 Å². The van der Waals surface area contributed by atoms with Gasteiger partial charge in [-0.25, -0.2) is 13.2 Å². The summed E-state index contributed by atoms with van der Waals surface area (Å²) in [6.45, 7) is 0. The lowest BCUT2D eigenvalue weighted by Gasteiger charge is -2.23. The van der Waals surface area contributed by atoms with Crippen molar-refractivity contribution < 1.29 is 22.4 Å². The van der Waals surface area contributed by atoms with Gasteiger partial charge in [0.1, 0.15) is 11.3 Å². The van der Waals surface area contributed by atoms with Gasteiger partial charge in [0.15, 0.2) is 0 Å². The highest BCUT2D eigenvalue weighted by atomic mass is 35.5. The predicted molar refractivity (Wildman–Crippen MR) is 119 cm³/mol. The van der Waals surface area contributed by atoms with Crippen LogP contribution in [0.25, 0.3) is 10.3 Å². The molecule has 0 aliphatic heterocycles. The zero-order chi connectivity index (χ0) is 22.2. The second-order valence-corrected chi connectivity index (χ2v) is 9.54. The molecule has 4 rings (SSSR count). The third-order valence-corrected chi connectivity index (χ3v) is 7.19. The molecule has 1 heterocycles. The highest BCUT2D eigenvalue weighted by molar-refractivity contribution is 7.93. The molecule has 0 bridgehead atoms. The molecule has 1 amide bonds. The number of sulfonamides is 1. The number of hydrogen-bond acceptors (Lipinski definition) is 7. The number of nitrogens with zero attached hydrogens (tertiary/aromatic N) is 1. The number of anilines is 1. The third-order valence-electron chi connectivity index (χ3n) is 4.42. The fraction of sp³-hybridized carbons (Fsp3) is 0.0476. The highest BCUT2D eigenvalue weighted by Gasteiger charge is 2.32. The van der Waals surface area contributed by atoms with Gasteiger partial charge >= 0.3 is 4.94 Å². The Morgan fingerprint density at radius 1 is 1.03 bits per heavy atom. The van der Waals surface area contributed by atoms with E-state index in [9.17, 15) is 18.0 Å². The van der Waals surface area contributed by atoms with E-state index in [1.54, 1.807) is 0 Å². The van der Waals surface area contributed by atoms with Crippen LogP contribution in [0.2, 0.25) is 5.02 Å². The summed E-state index contributed by atoms with van der Waals surface area (Å²) >= 11 is 6.72. The maximum atomic E-state index is 13.5. The summed E-state index contributed by atoms with van der Waals surface area (Å²) in [4.78, 5) is 24.3. The summed E-state index contributed by atoms with van der Waals surface area (Å²) in [6.07, 6.45) is 0. The van der Waals surface area contributed by atoms with Crippen LogP contribution in [0.15, 0.2) is 80.8 Å². The van der Waals surface area contributed by atoms with E-state index in [-0.39, 0.29) is 16.1 Å². The van der Waals surface area contributed by atoms with Gasteiger partial charge < -0.3 is 9.15 Å². The third kappa shape index (κ3) is 4.07. The van der Waals surface area contributed by atoms with Crippen LogP contribution in [-0.2, 0) is 10.0 Å². The Morgan fingerprint density at radius 3 is 2.35 bits per heavy atom. The minimum atomic E-state index is -4.31. The molecule has 158 valence electrons. The van der Waals surface area contributed by atoms with Crippen LogP contribution >= 0.6 is 22.9 Å². The lowest BCUT2D eigenvalue weighted by Crippen LogP contribution is -2.37. The van der Waals surface area contributed by atoms with E-state index in [1.165, 1.54) is 73.8 Å². The predicted octanol–water partition coefficient (Wildman–Crippen LogP) is 4.55. The van der Waals surface area contributed by atoms with Crippen molar-refractivity contribution in [1.82, 2.24) is 0 Å². The van der Waals surface area contributed by atoms with E-state index < -0.39 is 20.9 Å². The second kappa shape index (κ2) is 8.18. The summed E-state index contributed by atoms with van der Waals surface area (Å²) in [5.41, 5.74) is 0.502. The van der Waals surface area contributed by atoms with Gasteiger partial charge in [0, 0.05) is 10.6 Å². The van der Waals surface area contributed by atoms with Gasteiger partial charge in [-0.15, -0.1) is 0 Å². The number of carbonyl (C=O) groups excluding carboxylic acids is 1. The standard InChI is InChI=1S/C21H14ClNO6S2/c1-28-16-7-9-17(10-8-16)31(26,27)23(20(24)13-2-4-14(22)5-3-13)15-6-11-18-19(12-15)30-21(25)29-18/h2-12H,1H3. The normalized spacial score (nSPS) is 11.4. The van der Waals surface area contributed by atoms with Gasteiger partial charge in [0.25, 0.3) is 15.9 Å². The summed E-state index contributed by atoms with van der Waals surface area (Å²) in [6, 6.07) is 15.9. The van der Waals surface area contributed by atoms with Gasteiger partial charge in [0.05, 0.1) is 22.4 Å². The fourth-order valence-corrected chi connectivity index (χ4v) is 5.15. The first kappa shape index (κ1) is 21.1. The monoisotopic (exact) mass is 475 g/mol. The van der Waals surface area contributed by atoms with E-state index >= 15 is 0 Å². The molecule has 0 aliphatic carbocycles. The maximum absolute atomic E-state index is 13.5. The molecule has 31 heavy (non-hydrogen) atoms. The van der Waals surface area contributed by atoms with Crippen molar-refractivity contribution in [2.24, 2.45) is 0 Å². The SMILES string of the molecule is COc1ccc(S(=O)(=O)N(C(=O)c2ccc(Cl)cc2)c2ccc3oc(=O)sc3c2)cc1. The van der Waals surface area contributed by atoms with E-state index in [4.69, 9.17) is 20.8 Å². The molecular formula is C21H14ClNO6S2. The molecule has 0 saturated carbocycles. The van der Waals surface area contributed by atoms with Crippen molar-refractivity contribution in [2.45, 2.75) is 4.90 Å². The van der Waals surface area contributed by atoms with E-state index in [0.29, 0.717) is 25.4 Å². The van der Waals surface area contributed by atoms with Crippen molar-refractivity contribution in [3.8, 4) is 5.75 Å². The summed E-state index contributed by atoms with van der Waals surface area (Å²) in [7, 11) is -2.84. The zero-order valence-electron chi connectivity index (χ0n) is 15.9. The van der Waals surface area contributed by atoms with Crippen LogP contribution in [0.3, 0.4) is 0 Å². The molecule has 0 spiro atoms. The highest BCUT2D eigenvalue weighted by Crippen LogP contribution is 2.31.